The molecule has 4 nitrogen and oxygen atoms in total. The molecule has 134 valence electrons. The van der Waals surface area contributed by atoms with E-state index in [4.69, 9.17) is 4.74 Å². The summed E-state index contributed by atoms with van der Waals surface area (Å²) in [5.74, 6) is 0.496. The Bertz CT molecular complexity index is 862. The molecule has 7 heteroatoms. The number of rotatable bonds is 5. The molecule has 0 aliphatic heterocycles. The topological polar surface area (TPSA) is 53.3 Å². The minimum atomic E-state index is -0.309. The van der Waals surface area contributed by atoms with Gasteiger partial charge in [0.05, 0.1) is 7.14 Å². The number of nitrogens with zero attached hydrogens (tertiary/aromatic N) is 2. The monoisotopic (exact) mass is 684 g/mol. The third-order valence-corrected chi connectivity index (χ3v) is 5.71. The van der Waals surface area contributed by atoms with Gasteiger partial charge < -0.3 is 9.64 Å². The maximum absolute atomic E-state index is 12.0. The molecule has 0 aliphatic carbocycles. The molecule has 0 aromatic heterocycles. The van der Waals surface area contributed by atoms with Crippen molar-refractivity contribution in [1.82, 2.24) is 4.90 Å². The third kappa shape index (κ3) is 5.82. The molecule has 0 unspecified atom stereocenters. The lowest BCUT2D eigenvalue weighted by Crippen LogP contribution is -2.22. The first-order valence-corrected chi connectivity index (χ1v) is 10.7. The Balaban J connectivity index is 2.23. The summed E-state index contributed by atoms with van der Waals surface area (Å²) in [6.45, 7) is 0.487. The van der Waals surface area contributed by atoms with Crippen molar-refractivity contribution in [3.8, 4) is 11.8 Å². The number of nitriles is 1. The Kier molecular flexibility index (Phi) is 8.15. The van der Waals surface area contributed by atoms with Crippen molar-refractivity contribution in [3.05, 3.63) is 63.8 Å². The first kappa shape index (κ1) is 21.4. The average Bonchev–Trinajstić information content (AvgIpc) is 2.59. The summed E-state index contributed by atoms with van der Waals surface area (Å²) in [5.41, 5.74) is 2.01. The molecule has 0 spiro atoms. The normalized spacial score (nSPS) is 11.0. The number of benzene rings is 2. The Morgan fingerprint density at radius 2 is 1.73 bits per heavy atom. The molecule has 2 aromatic rings. The van der Waals surface area contributed by atoms with Crippen molar-refractivity contribution in [1.29, 1.82) is 5.26 Å². The second kappa shape index (κ2) is 9.89. The summed E-state index contributed by atoms with van der Waals surface area (Å²) in [6.07, 6.45) is 1.61. The van der Waals surface area contributed by atoms with E-state index in [1.807, 2.05) is 42.5 Å². The fraction of sp³-hybridized carbons (Fsp3) is 0.158. The SMILES string of the molecule is CN(C)C(=O)/C(C#N)=C\c1cc(I)c(OCc2ccc(I)cc2)c(I)c1. The van der Waals surface area contributed by atoms with Gasteiger partial charge in [0.15, 0.2) is 0 Å². The molecule has 0 N–H and O–H groups in total. The predicted octanol–water partition coefficient (Wildman–Crippen LogP) is 5.07. The highest BCUT2D eigenvalue weighted by atomic mass is 127. The second-order valence-corrected chi connectivity index (χ2v) is 9.17. The molecule has 2 rings (SSSR count). The molecule has 0 saturated heterocycles. The van der Waals surface area contributed by atoms with E-state index in [1.54, 1.807) is 20.2 Å². The maximum Gasteiger partial charge on any atom is 0.264 e. The van der Waals surface area contributed by atoms with Crippen molar-refractivity contribution in [2.45, 2.75) is 6.61 Å². The van der Waals surface area contributed by atoms with Crippen LogP contribution in [-0.2, 0) is 11.4 Å². The van der Waals surface area contributed by atoms with E-state index in [1.165, 1.54) is 8.47 Å². The van der Waals surface area contributed by atoms with Gasteiger partial charge in [-0.05, 0) is 109 Å². The number of hydrogen-bond donors (Lipinski definition) is 0. The first-order valence-electron chi connectivity index (χ1n) is 7.51. The maximum atomic E-state index is 12.0. The zero-order valence-corrected chi connectivity index (χ0v) is 20.6. The average molecular weight is 684 g/mol. The fourth-order valence-corrected chi connectivity index (χ4v) is 4.57. The van der Waals surface area contributed by atoms with Gasteiger partial charge in [0.1, 0.15) is 24.0 Å². The van der Waals surface area contributed by atoms with Gasteiger partial charge >= 0.3 is 0 Å². The van der Waals surface area contributed by atoms with E-state index in [2.05, 4.69) is 67.8 Å². The quantitative estimate of drug-likeness (QED) is 0.251. The molecule has 0 saturated carbocycles. The standard InChI is InChI=1S/C19H15I3N2O2/c1-24(2)19(25)14(10-23)7-13-8-16(21)18(17(22)9-13)26-11-12-3-5-15(20)6-4-12/h3-9H,11H2,1-2H3/b14-7-. The van der Waals surface area contributed by atoms with Crippen LogP contribution in [0.4, 0.5) is 0 Å². The lowest BCUT2D eigenvalue weighted by molar-refractivity contribution is -0.124. The van der Waals surface area contributed by atoms with E-state index < -0.39 is 0 Å². The van der Waals surface area contributed by atoms with Crippen LogP contribution in [0.5, 0.6) is 5.75 Å². The summed E-state index contributed by atoms with van der Waals surface area (Å²) in [5, 5.41) is 9.23. The number of carbonyl (C=O) groups is 1. The van der Waals surface area contributed by atoms with Crippen LogP contribution in [0.25, 0.3) is 6.08 Å². The van der Waals surface area contributed by atoms with Crippen LogP contribution >= 0.6 is 67.8 Å². The summed E-state index contributed by atoms with van der Waals surface area (Å²) in [6, 6.07) is 14.0. The van der Waals surface area contributed by atoms with Crippen LogP contribution in [0.2, 0.25) is 0 Å². The molecule has 2 aromatic carbocycles. The predicted molar refractivity (Wildman–Crippen MR) is 128 cm³/mol. The summed E-state index contributed by atoms with van der Waals surface area (Å²) in [4.78, 5) is 13.4. The molecular formula is C19H15I3N2O2. The molecule has 0 radical (unpaired) electrons. The minimum Gasteiger partial charge on any atom is -0.487 e. The molecule has 0 fully saturated rings. The van der Waals surface area contributed by atoms with E-state index in [0.29, 0.717) is 6.61 Å². The van der Waals surface area contributed by atoms with Crippen molar-refractivity contribution in [2.75, 3.05) is 14.1 Å². The summed E-state index contributed by atoms with van der Waals surface area (Å²) >= 11 is 6.69. The van der Waals surface area contributed by atoms with E-state index >= 15 is 0 Å². The highest BCUT2D eigenvalue weighted by Crippen LogP contribution is 2.30. The van der Waals surface area contributed by atoms with Gasteiger partial charge in [-0.1, -0.05) is 12.1 Å². The molecule has 1 amide bonds. The molecule has 0 bridgehead atoms. The summed E-state index contributed by atoms with van der Waals surface area (Å²) in [7, 11) is 3.26. The van der Waals surface area contributed by atoms with Crippen molar-refractivity contribution >= 4 is 79.8 Å². The molecule has 0 heterocycles. The van der Waals surface area contributed by atoms with E-state index in [-0.39, 0.29) is 11.5 Å². The van der Waals surface area contributed by atoms with Gasteiger partial charge in [-0.15, -0.1) is 0 Å². The number of ether oxygens (including phenoxy) is 1. The van der Waals surface area contributed by atoms with Gasteiger partial charge in [-0.3, -0.25) is 4.79 Å². The third-order valence-electron chi connectivity index (χ3n) is 3.39. The molecular weight excluding hydrogens is 669 g/mol. The Morgan fingerprint density at radius 1 is 1.15 bits per heavy atom. The minimum absolute atomic E-state index is 0.106. The zero-order chi connectivity index (χ0) is 19.3. The largest absolute Gasteiger partial charge is 0.487 e. The van der Waals surface area contributed by atoms with Gasteiger partial charge in [0, 0.05) is 17.7 Å². The lowest BCUT2D eigenvalue weighted by Gasteiger charge is -2.12. The zero-order valence-electron chi connectivity index (χ0n) is 14.1. The highest BCUT2D eigenvalue weighted by Gasteiger charge is 2.13. The van der Waals surface area contributed by atoms with Crippen LogP contribution in [0.15, 0.2) is 42.0 Å². The highest BCUT2D eigenvalue weighted by molar-refractivity contribution is 14.1. The molecule has 26 heavy (non-hydrogen) atoms. The number of amides is 1. The van der Waals surface area contributed by atoms with Crippen LogP contribution in [0, 0.1) is 22.0 Å². The lowest BCUT2D eigenvalue weighted by atomic mass is 10.1. The first-order chi connectivity index (χ1) is 12.3. The van der Waals surface area contributed by atoms with Gasteiger partial charge in [0.2, 0.25) is 0 Å². The van der Waals surface area contributed by atoms with E-state index in [9.17, 15) is 10.1 Å². The Morgan fingerprint density at radius 3 is 2.23 bits per heavy atom. The van der Waals surface area contributed by atoms with Crippen LogP contribution in [0.3, 0.4) is 0 Å². The van der Waals surface area contributed by atoms with Crippen molar-refractivity contribution < 1.29 is 9.53 Å². The van der Waals surface area contributed by atoms with Crippen LogP contribution in [-0.4, -0.2) is 24.9 Å². The van der Waals surface area contributed by atoms with E-state index in [0.717, 1.165) is 24.0 Å². The van der Waals surface area contributed by atoms with Crippen molar-refractivity contribution in [2.24, 2.45) is 0 Å². The smallest absolute Gasteiger partial charge is 0.264 e. The van der Waals surface area contributed by atoms with Gasteiger partial charge in [0.25, 0.3) is 5.91 Å². The van der Waals surface area contributed by atoms with Crippen LogP contribution < -0.4 is 4.74 Å². The van der Waals surface area contributed by atoms with Crippen molar-refractivity contribution in [3.63, 3.8) is 0 Å². The Hall–Kier alpha value is -0.870. The van der Waals surface area contributed by atoms with Crippen LogP contribution in [0.1, 0.15) is 11.1 Å². The number of hydrogen-bond acceptors (Lipinski definition) is 3. The van der Waals surface area contributed by atoms with Gasteiger partial charge in [-0.2, -0.15) is 5.26 Å². The summed E-state index contributed by atoms with van der Waals surface area (Å²) < 4.78 is 9.04. The second-order valence-electron chi connectivity index (χ2n) is 5.60. The number of likely N-dealkylation sites (N-methyl/N-ethyl adjacent to an activating group) is 1. The Labute approximate surface area is 194 Å². The molecule has 0 atom stereocenters. The molecule has 0 aliphatic rings. The number of carbonyl (C=O) groups excluding carboxylic acids is 1. The fourth-order valence-electron chi connectivity index (χ4n) is 2.09. The van der Waals surface area contributed by atoms with Gasteiger partial charge in [-0.25, -0.2) is 0 Å². The number of halogens is 3.